The Hall–Kier alpha value is -2.62. The van der Waals surface area contributed by atoms with E-state index in [0.29, 0.717) is 6.04 Å². The summed E-state index contributed by atoms with van der Waals surface area (Å²) in [7, 11) is 5.22. The molecule has 6 nitrogen and oxygen atoms in total. The van der Waals surface area contributed by atoms with Gasteiger partial charge in [0.15, 0.2) is 0 Å². The van der Waals surface area contributed by atoms with E-state index in [2.05, 4.69) is 65.3 Å². The summed E-state index contributed by atoms with van der Waals surface area (Å²) in [5, 5.41) is 17.5. The monoisotopic (exact) mass is 548 g/mol. The normalized spacial score (nSPS) is 14.9. The van der Waals surface area contributed by atoms with Gasteiger partial charge in [-0.2, -0.15) is 0 Å². The molecule has 0 radical (unpaired) electrons. The molecule has 2 atom stereocenters. The van der Waals surface area contributed by atoms with Crippen molar-refractivity contribution in [1.29, 1.82) is 0 Å². The minimum Gasteiger partial charge on any atom is -0.400 e. The van der Waals surface area contributed by atoms with Crippen molar-refractivity contribution in [3.8, 4) is 0 Å². The molecule has 220 valence electrons. The zero-order valence-electron chi connectivity index (χ0n) is 24.6. The Labute approximate surface area is 235 Å². The van der Waals surface area contributed by atoms with Crippen molar-refractivity contribution in [2.24, 2.45) is 0 Å². The van der Waals surface area contributed by atoms with Gasteiger partial charge in [-0.3, -0.25) is 0 Å². The third kappa shape index (κ3) is 18.3. The van der Waals surface area contributed by atoms with Crippen LogP contribution in [0.5, 0.6) is 0 Å². The van der Waals surface area contributed by atoms with Crippen molar-refractivity contribution >= 4 is 5.69 Å². The molecule has 0 aromatic heterocycles. The molecule has 2 aromatic carbocycles. The number of anilines is 1. The molecule has 1 aliphatic rings. The molecule has 8 heteroatoms. The third-order valence-corrected chi connectivity index (χ3v) is 5.41. The van der Waals surface area contributed by atoms with Crippen LogP contribution in [0, 0.1) is 0 Å². The number of nitrogens with one attached hydrogen (secondary N) is 3. The number of fused-ring (bicyclic) bond motifs is 1. The Balaban J connectivity index is 0.00000102. The van der Waals surface area contributed by atoms with Gasteiger partial charge in [0.25, 0.3) is 0 Å². The van der Waals surface area contributed by atoms with Crippen LogP contribution >= 0.6 is 0 Å². The summed E-state index contributed by atoms with van der Waals surface area (Å²) in [6, 6.07) is 17.3. The fraction of sp³-hybridized carbons (Fsp3) is 0.484. The second kappa shape index (κ2) is 24.4. The van der Waals surface area contributed by atoms with E-state index >= 15 is 0 Å². The molecule has 1 heterocycles. The molecule has 0 saturated heterocycles. The van der Waals surface area contributed by atoms with Gasteiger partial charge < -0.3 is 30.7 Å². The highest BCUT2D eigenvalue weighted by Gasteiger charge is 2.20. The van der Waals surface area contributed by atoms with Crippen LogP contribution < -0.4 is 16.0 Å². The maximum absolute atomic E-state index is 11.4. The Kier molecular flexibility index (Phi) is 22.8. The van der Waals surface area contributed by atoms with Crippen molar-refractivity contribution in [1.82, 2.24) is 15.5 Å². The first-order chi connectivity index (χ1) is 18.9. The Morgan fingerprint density at radius 2 is 1.77 bits per heavy atom. The summed E-state index contributed by atoms with van der Waals surface area (Å²) >= 11 is 0. The second-order valence-electron chi connectivity index (χ2n) is 9.03. The van der Waals surface area contributed by atoms with E-state index in [0.717, 1.165) is 64.8 Å². The van der Waals surface area contributed by atoms with Crippen LogP contribution in [0.25, 0.3) is 0 Å². The zero-order valence-corrected chi connectivity index (χ0v) is 24.6. The van der Waals surface area contributed by atoms with Gasteiger partial charge in [0.1, 0.15) is 6.17 Å². The SMILES string of the molecule is C/C=C\C.CC(F)/C=C/F.CN(C)Cc1ccc2c(c1)C(NCCCNCNc1ccccc1)COC2.CO. The minimum absolute atomic E-state index is 0.199. The number of nitrogens with zero attached hydrogens (tertiary/aromatic N) is 1. The quantitative estimate of drug-likeness (QED) is 0.157. The van der Waals surface area contributed by atoms with Crippen LogP contribution in [0.1, 0.15) is 49.9 Å². The van der Waals surface area contributed by atoms with Crippen LogP contribution in [0.3, 0.4) is 0 Å². The van der Waals surface area contributed by atoms with E-state index in [1.807, 2.05) is 44.2 Å². The van der Waals surface area contributed by atoms with Gasteiger partial charge in [-0.15, -0.1) is 0 Å². The number of halogens is 2. The number of alkyl halides is 1. The average molecular weight is 549 g/mol. The lowest BCUT2D eigenvalue weighted by atomic mass is 9.96. The van der Waals surface area contributed by atoms with E-state index in [1.165, 1.54) is 23.6 Å². The highest BCUT2D eigenvalue weighted by Crippen LogP contribution is 2.26. The molecule has 2 aromatic rings. The van der Waals surface area contributed by atoms with Crippen molar-refractivity contribution < 1.29 is 18.6 Å². The molecule has 1 aliphatic heterocycles. The maximum atomic E-state index is 11.4. The van der Waals surface area contributed by atoms with Crippen LogP contribution in [0.2, 0.25) is 0 Å². The lowest BCUT2D eigenvalue weighted by Gasteiger charge is -2.27. The van der Waals surface area contributed by atoms with Crippen LogP contribution in [-0.2, 0) is 17.9 Å². The molecular weight excluding hydrogens is 498 g/mol. The largest absolute Gasteiger partial charge is 0.400 e. The Bertz CT molecular complexity index is 889. The molecule has 0 amide bonds. The molecular formula is C31H50F2N4O2. The van der Waals surface area contributed by atoms with Gasteiger partial charge in [-0.25, -0.2) is 8.78 Å². The Morgan fingerprint density at radius 3 is 2.33 bits per heavy atom. The summed E-state index contributed by atoms with van der Waals surface area (Å²) in [6.45, 7) is 10.4. The number of benzene rings is 2. The van der Waals surface area contributed by atoms with E-state index in [1.54, 1.807) is 0 Å². The molecule has 3 rings (SSSR count). The number of para-hydroxylation sites is 1. The van der Waals surface area contributed by atoms with E-state index in [-0.39, 0.29) is 6.33 Å². The van der Waals surface area contributed by atoms with Gasteiger partial charge in [-0.05, 0) is 89.3 Å². The molecule has 4 N–H and O–H groups in total. The van der Waals surface area contributed by atoms with Crippen molar-refractivity contribution in [2.75, 3.05) is 52.9 Å². The lowest BCUT2D eigenvalue weighted by Crippen LogP contribution is -2.32. The summed E-state index contributed by atoms with van der Waals surface area (Å²) in [6.07, 6.45) is 4.96. The van der Waals surface area contributed by atoms with Gasteiger partial charge >= 0.3 is 0 Å². The standard InChI is InChI=1S/C22H32N4O.C4H6F2.C4H8.CH4O/c1-26(2)14-18-9-10-19-15-27-16-22(21(19)13-18)24-12-6-11-23-17-25-20-7-4-3-5-8-20;1-4(6)2-3-5;1-3-4-2;1-2/h3-5,7-10,13,22-25H,6,11-12,14-17H2,1-2H3;2-4H,1H3;3-4H,1-2H3;2H,1H3/b;3-2+;4-3-;. The lowest BCUT2D eigenvalue weighted by molar-refractivity contribution is 0.0821. The average Bonchev–Trinajstić information content (AvgIpc) is 2.94. The third-order valence-electron chi connectivity index (χ3n) is 5.41. The number of rotatable bonds is 11. The first-order valence-corrected chi connectivity index (χ1v) is 13.4. The molecule has 39 heavy (non-hydrogen) atoms. The molecule has 0 bridgehead atoms. The topological polar surface area (TPSA) is 68.8 Å². The number of hydrogen-bond donors (Lipinski definition) is 4. The summed E-state index contributed by atoms with van der Waals surface area (Å²) in [4.78, 5) is 2.21. The maximum Gasteiger partial charge on any atom is 0.118 e. The second-order valence-corrected chi connectivity index (χ2v) is 9.03. The Morgan fingerprint density at radius 1 is 1.08 bits per heavy atom. The van der Waals surface area contributed by atoms with E-state index in [9.17, 15) is 8.78 Å². The van der Waals surface area contributed by atoms with E-state index in [4.69, 9.17) is 9.84 Å². The highest BCUT2D eigenvalue weighted by atomic mass is 19.1. The summed E-state index contributed by atoms with van der Waals surface area (Å²) < 4.78 is 28.0. The number of allylic oxidation sites excluding steroid dienone is 3. The smallest absolute Gasteiger partial charge is 0.118 e. The number of aliphatic hydroxyl groups is 1. The van der Waals surface area contributed by atoms with Gasteiger partial charge in [0.05, 0.1) is 32.3 Å². The molecule has 0 saturated carbocycles. The van der Waals surface area contributed by atoms with Gasteiger partial charge in [-0.1, -0.05) is 48.6 Å². The van der Waals surface area contributed by atoms with Gasteiger partial charge in [0, 0.05) is 19.3 Å². The number of ether oxygens (including phenoxy) is 1. The molecule has 0 spiro atoms. The predicted molar refractivity (Wildman–Crippen MR) is 161 cm³/mol. The summed E-state index contributed by atoms with van der Waals surface area (Å²) in [5.41, 5.74) is 5.22. The number of aliphatic hydroxyl groups excluding tert-OH is 1. The molecule has 2 unspecified atom stereocenters. The van der Waals surface area contributed by atoms with Gasteiger partial charge in [0.2, 0.25) is 0 Å². The molecule has 0 aliphatic carbocycles. The zero-order chi connectivity index (χ0) is 29.3. The minimum atomic E-state index is -1.16. The van der Waals surface area contributed by atoms with E-state index < -0.39 is 6.17 Å². The van der Waals surface area contributed by atoms with Crippen molar-refractivity contribution in [3.05, 3.63) is 89.8 Å². The van der Waals surface area contributed by atoms with Crippen molar-refractivity contribution in [3.63, 3.8) is 0 Å². The van der Waals surface area contributed by atoms with Crippen LogP contribution in [0.15, 0.2) is 73.1 Å². The fourth-order valence-corrected chi connectivity index (χ4v) is 3.51. The predicted octanol–water partition coefficient (Wildman–Crippen LogP) is 5.98. The first kappa shape index (κ1) is 36.4. The van der Waals surface area contributed by atoms with Crippen LogP contribution in [-0.4, -0.2) is 63.7 Å². The van der Waals surface area contributed by atoms with Crippen molar-refractivity contribution in [2.45, 2.75) is 52.6 Å². The number of hydrogen-bond acceptors (Lipinski definition) is 6. The molecule has 0 fully saturated rings. The first-order valence-electron chi connectivity index (χ1n) is 13.4. The fourth-order valence-electron chi connectivity index (χ4n) is 3.51. The summed E-state index contributed by atoms with van der Waals surface area (Å²) in [5.74, 6) is 0. The van der Waals surface area contributed by atoms with Crippen LogP contribution in [0.4, 0.5) is 14.5 Å². The highest BCUT2D eigenvalue weighted by molar-refractivity contribution is 5.42.